The molecule has 0 spiro atoms. The number of aliphatic hydroxyl groups is 1. The highest BCUT2D eigenvalue weighted by Gasteiger charge is 2.28. The van der Waals surface area contributed by atoms with Crippen LogP contribution in [-0.4, -0.2) is 39.8 Å². The highest BCUT2D eigenvalue weighted by atomic mass is 16.3. The van der Waals surface area contributed by atoms with E-state index in [9.17, 15) is 5.11 Å². The first-order chi connectivity index (χ1) is 10.3. The SMILES string of the molecule is O/C(=C\C1=Nc2ccccc2C2=NCCN12)c1cc[nH]c1. The first-order valence-corrected chi connectivity index (χ1v) is 6.87. The molecule has 104 valence electrons. The number of benzene rings is 1. The molecule has 5 nitrogen and oxygen atoms in total. The molecular weight excluding hydrogens is 264 g/mol. The lowest BCUT2D eigenvalue weighted by Gasteiger charge is -2.25. The maximum atomic E-state index is 10.2. The number of aliphatic hydroxyl groups excluding tert-OH is 1. The van der Waals surface area contributed by atoms with Gasteiger partial charge in [-0.2, -0.15) is 0 Å². The van der Waals surface area contributed by atoms with Crippen LogP contribution in [0.1, 0.15) is 11.1 Å². The normalized spacial score (nSPS) is 17.1. The third kappa shape index (κ3) is 1.94. The van der Waals surface area contributed by atoms with Crippen LogP contribution in [0.3, 0.4) is 0 Å². The van der Waals surface area contributed by atoms with E-state index in [1.165, 1.54) is 0 Å². The molecule has 4 rings (SSSR count). The van der Waals surface area contributed by atoms with Crippen LogP contribution in [0, 0.1) is 0 Å². The third-order valence-electron chi connectivity index (χ3n) is 3.66. The molecule has 0 unspecified atom stereocenters. The van der Waals surface area contributed by atoms with E-state index in [0.29, 0.717) is 0 Å². The van der Waals surface area contributed by atoms with Crippen molar-refractivity contribution in [1.82, 2.24) is 9.88 Å². The van der Waals surface area contributed by atoms with Gasteiger partial charge >= 0.3 is 0 Å². The largest absolute Gasteiger partial charge is 0.507 e. The van der Waals surface area contributed by atoms with E-state index in [0.717, 1.165) is 41.6 Å². The van der Waals surface area contributed by atoms with E-state index in [1.54, 1.807) is 18.5 Å². The Hall–Kier alpha value is -2.82. The standard InChI is InChI=1S/C16H14N4O/c21-14(11-5-6-17-10-11)9-15-19-13-4-2-1-3-12(13)16-18-7-8-20(15)16/h1-6,9-10,17,21H,7-8H2/b14-9-. The molecule has 2 aromatic rings. The number of amidine groups is 2. The maximum Gasteiger partial charge on any atom is 0.138 e. The zero-order valence-electron chi connectivity index (χ0n) is 11.3. The van der Waals surface area contributed by atoms with Crippen LogP contribution in [0.2, 0.25) is 0 Å². The minimum atomic E-state index is 0.195. The summed E-state index contributed by atoms with van der Waals surface area (Å²) in [5.74, 6) is 1.86. The Kier molecular flexibility index (Phi) is 2.64. The second-order valence-corrected chi connectivity index (χ2v) is 4.97. The van der Waals surface area contributed by atoms with Crippen molar-refractivity contribution in [3.63, 3.8) is 0 Å². The number of aromatic nitrogens is 1. The van der Waals surface area contributed by atoms with Gasteiger partial charge in [-0.25, -0.2) is 4.99 Å². The molecule has 0 saturated carbocycles. The van der Waals surface area contributed by atoms with Gasteiger partial charge < -0.3 is 15.0 Å². The summed E-state index contributed by atoms with van der Waals surface area (Å²) in [5.41, 5.74) is 2.69. The van der Waals surface area contributed by atoms with Crippen molar-refractivity contribution >= 4 is 23.1 Å². The van der Waals surface area contributed by atoms with Crippen LogP contribution >= 0.6 is 0 Å². The number of aromatic amines is 1. The number of rotatable bonds is 2. The number of para-hydroxylation sites is 1. The van der Waals surface area contributed by atoms with Crippen molar-refractivity contribution < 1.29 is 5.11 Å². The van der Waals surface area contributed by atoms with E-state index < -0.39 is 0 Å². The fourth-order valence-electron chi connectivity index (χ4n) is 2.64. The Bertz CT molecular complexity index is 771. The number of H-pyrrole nitrogens is 1. The Morgan fingerprint density at radius 1 is 1.29 bits per heavy atom. The fraction of sp³-hybridized carbons (Fsp3) is 0.125. The predicted octanol–water partition coefficient (Wildman–Crippen LogP) is 2.72. The minimum Gasteiger partial charge on any atom is -0.507 e. The van der Waals surface area contributed by atoms with Crippen LogP contribution in [-0.2, 0) is 0 Å². The summed E-state index contributed by atoms with van der Waals surface area (Å²) in [5, 5.41) is 10.2. The lowest BCUT2D eigenvalue weighted by Crippen LogP contribution is -2.36. The first-order valence-electron chi connectivity index (χ1n) is 6.87. The van der Waals surface area contributed by atoms with E-state index in [2.05, 4.69) is 15.0 Å². The summed E-state index contributed by atoms with van der Waals surface area (Å²) in [4.78, 5) is 14.2. The van der Waals surface area contributed by atoms with Crippen LogP contribution in [0.25, 0.3) is 5.76 Å². The number of aliphatic imine (C=N–C) groups is 2. The van der Waals surface area contributed by atoms with Crippen molar-refractivity contribution in [2.24, 2.45) is 9.98 Å². The lowest BCUT2D eigenvalue weighted by atomic mass is 10.1. The maximum absolute atomic E-state index is 10.2. The van der Waals surface area contributed by atoms with Crippen molar-refractivity contribution in [2.45, 2.75) is 0 Å². The second-order valence-electron chi connectivity index (χ2n) is 4.97. The van der Waals surface area contributed by atoms with E-state index in [4.69, 9.17) is 0 Å². The molecule has 0 amide bonds. The topological polar surface area (TPSA) is 64.0 Å². The molecule has 5 heteroatoms. The summed E-state index contributed by atoms with van der Waals surface area (Å²) in [7, 11) is 0. The molecule has 0 bridgehead atoms. The first kappa shape index (κ1) is 12.0. The van der Waals surface area contributed by atoms with Gasteiger partial charge in [-0.1, -0.05) is 12.1 Å². The van der Waals surface area contributed by atoms with E-state index in [1.807, 2.05) is 35.2 Å². The molecule has 3 heterocycles. The van der Waals surface area contributed by atoms with Gasteiger partial charge in [0.25, 0.3) is 0 Å². The Balaban J connectivity index is 1.81. The number of fused-ring (bicyclic) bond motifs is 3. The molecule has 0 atom stereocenters. The molecule has 0 radical (unpaired) electrons. The van der Waals surface area contributed by atoms with Crippen molar-refractivity contribution in [2.75, 3.05) is 13.1 Å². The zero-order valence-corrected chi connectivity index (χ0v) is 11.3. The number of hydrogen-bond donors (Lipinski definition) is 2. The molecular formula is C16H14N4O. The summed E-state index contributed by atoms with van der Waals surface area (Å²) >= 11 is 0. The molecule has 0 saturated heterocycles. The number of hydrogen-bond acceptors (Lipinski definition) is 4. The quantitative estimate of drug-likeness (QED) is 0.830. The van der Waals surface area contributed by atoms with Gasteiger partial charge in [0.1, 0.15) is 17.4 Å². The molecule has 21 heavy (non-hydrogen) atoms. The highest BCUT2D eigenvalue weighted by Crippen LogP contribution is 2.29. The Morgan fingerprint density at radius 3 is 3.05 bits per heavy atom. The molecule has 2 aliphatic heterocycles. The second kappa shape index (κ2) is 4.63. The molecule has 0 aliphatic carbocycles. The van der Waals surface area contributed by atoms with E-state index >= 15 is 0 Å². The lowest BCUT2D eigenvalue weighted by molar-refractivity contribution is 0.511. The zero-order chi connectivity index (χ0) is 14.2. The van der Waals surface area contributed by atoms with Crippen molar-refractivity contribution in [3.8, 4) is 0 Å². The monoisotopic (exact) mass is 278 g/mol. The average Bonchev–Trinajstić information content (AvgIpc) is 3.19. The van der Waals surface area contributed by atoms with Gasteiger partial charge in [0.2, 0.25) is 0 Å². The molecule has 1 aromatic carbocycles. The number of nitrogens with one attached hydrogen (secondary N) is 1. The summed E-state index contributed by atoms with van der Waals surface area (Å²) < 4.78 is 0. The summed E-state index contributed by atoms with van der Waals surface area (Å²) in [6.45, 7) is 1.54. The Labute approximate surface area is 122 Å². The molecule has 2 aliphatic rings. The summed E-state index contributed by atoms with van der Waals surface area (Å²) in [6.07, 6.45) is 5.22. The number of nitrogens with zero attached hydrogens (tertiary/aromatic N) is 3. The average molecular weight is 278 g/mol. The van der Waals surface area contributed by atoms with Crippen LogP contribution in [0.4, 0.5) is 5.69 Å². The fourth-order valence-corrected chi connectivity index (χ4v) is 2.64. The predicted molar refractivity (Wildman–Crippen MR) is 83.0 cm³/mol. The molecule has 2 N–H and O–H groups in total. The van der Waals surface area contributed by atoms with Gasteiger partial charge in [0.05, 0.1) is 12.2 Å². The van der Waals surface area contributed by atoms with Gasteiger partial charge in [-0.15, -0.1) is 0 Å². The van der Waals surface area contributed by atoms with Crippen molar-refractivity contribution in [3.05, 3.63) is 59.9 Å². The minimum absolute atomic E-state index is 0.195. The smallest absolute Gasteiger partial charge is 0.138 e. The van der Waals surface area contributed by atoms with Crippen LogP contribution < -0.4 is 0 Å². The van der Waals surface area contributed by atoms with Gasteiger partial charge in [-0.05, 0) is 18.2 Å². The van der Waals surface area contributed by atoms with Crippen molar-refractivity contribution in [1.29, 1.82) is 0 Å². The molecule has 1 aromatic heterocycles. The highest BCUT2D eigenvalue weighted by molar-refractivity contribution is 6.19. The van der Waals surface area contributed by atoms with E-state index in [-0.39, 0.29) is 5.76 Å². The van der Waals surface area contributed by atoms with Crippen LogP contribution in [0.15, 0.2) is 58.8 Å². The van der Waals surface area contributed by atoms with Gasteiger partial charge in [0, 0.05) is 36.1 Å². The summed E-state index contributed by atoms with van der Waals surface area (Å²) in [6, 6.07) is 9.77. The third-order valence-corrected chi connectivity index (χ3v) is 3.66. The Morgan fingerprint density at radius 2 is 2.19 bits per heavy atom. The molecule has 0 fully saturated rings. The van der Waals surface area contributed by atoms with Crippen LogP contribution in [0.5, 0.6) is 0 Å². The van der Waals surface area contributed by atoms with Gasteiger partial charge in [0.15, 0.2) is 0 Å². The van der Waals surface area contributed by atoms with Gasteiger partial charge in [-0.3, -0.25) is 4.99 Å².